The lowest BCUT2D eigenvalue weighted by Gasteiger charge is -2.38. The Morgan fingerprint density at radius 2 is 1.80 bits per heavy atom. The number of benzene rings is 2. The number of hydrogen-bond acceptors (Lipinski definition) is 4. The van der Waals surface area contributed by atoms with E-state index in [1.165, 1.54) is 24.3 Å². The van der Waals surface area contributed by atoms with Gasteiger partial charge in [0.25, 0.3) is 5.91 Å². The van der Waals surface area contributed by atoms with E-state index in [4.69, 9.17) is 4.74 Å². The zero-order valence-corrected chi connectivity index (χ0v) is 13.7. The van der Waals surface area contributed by atoms with Gasteiger partial charge in [0.15, 0.2) is 0 Å². The molecule has 0 aliphatic carbocycles. The van der Waals surface area contributed by atoms with Crippen molar-refractivity contribution < 1.29 is 24.1 Å². The fraction of sp³-hybridized carbons (Fsp3) is 0.316. The molecule has 2 aromatic carbocycles. The molecule has 6 heteroatoms. The second-order valence-corrected chi connectivity index (χ2v) is 6.28. The van der Waals surface area contributed by atoms with E-state index < -0.39 is 5.91 Å². The normalized spacial score (nSPS) is 16.4. The van der Waals surface area contributed by atoms with Crippen LogP contribution in [0.4, 0.5) is 4.39 Å². The Morgan fingerprint density at radius 1 is 1.12 bits per heavy atom. The van der Waals surface area contributed by atoms with Gasteiger partial charge in [0.1, 0.15) is 17.3 Å². The number of phenols is 2. The van der Waals surface area contributed by atoms with Crippen LogP contribution >= 0.6 is 0 Å². The van der Waals surface area contributed by atoms with Crippen molar-refractivity contribution in [1.29, 1.82) is 0 Å². The average molecular weight is 345 g/mol. The molecule has 3 rings (SSSR count). The Hall–Kier alpha value is -2.60. The predicted octanol–water partition coefficient (Wildman–Crippen LogP) is 2.72. The zero-order chi connectivity index (χ0) is 17.9. The number of carbonyl (C=O) groups excluding carboxylic acids is 1. The number of halogens is 1. The van der Waals surface area contributed by atoms with Crippen molar-refractivity contribution >= 4 is 5.91 Å². The van der Waals surface area contributed by atoms with Gasteiger partial charge in [0.2, 0.25) is 0 Å². The Labute approximate surface area is 145 Å². The van der Waals surface area contributed by atoms with E-state index in [-0.39, 0.29) is 28.3 Å². The first kappa shape index (κ1) is 17.2. The number of carbonyl (C=O) groups is 1. The van der Waals surface area contributed by atoms with Gasteiger partial charge < -0.3 is 20.3 Å². The smallest absolute Gasteiger partial charge is 0.255 e. The van der Waals surface area contributed by atoms with Gasteiger partial charge >= 0.3 is 0 Å². The molecule has 1 aliphatic rings. The average Bonchev–Trinajstić information content (AvgIpc) is 2.61. The molecule has 1 aliphatic heterocycles. The minimum absolute atomic E-state index is 0.0964. The summed E-state index contributed by atoms with van der Waals surface area (Å²) in [4.78, 5) is 12.4. The molecular weight excluding hydrogens is 325 g/mol. The maximum Gasteiger partial charge on any atom is 0.255 e. The first-order valence-corrected chi connectivity index (χ1v) is 8.14. The highest BCUT2D eigenvalue weighted by Gasteiger charge is 2.35. The van der Waals surface area contributed by atoms with Gasteiger partial charge in [0, 0.05) is 31.2 Å². The molecule has 132 valence electrons. The molecular formula is C19H20FNO4. The van der Waals surface area contributed by atoms with Crippen molar-refractivity contribution in [2.45, 2.75) is 18.3 Å². The summed E-state index contributed by atoms with van der Waals surface area (Å²) in [6.07, 6.45) is 1.42. The Balaban J connectivity index is 1.79. The number of phenolic OH excluding ortho intramolecular Hbond substituents is 2. The van der Waals surface area contributed by atoms with Crippen LogP contribution in [-0.4, -0.2) is 35.9 Å². The summed E-state index contributed by atoms with van der Waals surface area (Å²) in [5, 5.41) is 22.0. The van der Waals surface area contributed by atoms with E-state index in [0.717, 1.165) is 11.6 Å². The first-order valence-electron chi connectivity index (χ1n) is 8.14. The second-order valence-electron chi connectivity index (χ2n) is 6.28. The third-order valence-electron chi connectivity index (χ3n) is 4.72. The summed E-state index contributed by atoms with van der Waals surface area (Å²) >= 11 is 0. The molecule has 1 heterocycles. The van der Waals surface area contributed by atoms with Crippen LogP contribution in [0.25, 0.3) is 0 Å². The van der Waals surface area contributed by atoms with E-state index in [2.05, 4.69) is 5.32 Å². The molecule has 1 amide bonds. The standard InChI is InChI=1S/C19H20FNO4/c20-14-3-1-13(2-4-14)19(7-9-25-10-8-19)12-21-18(24)16-6-5-15(22)11-17(16)23/h1-6,11,22-23H,7-10,12H2,(H,21,24). The number of nitrogens with one attached hydrogen (secondary N) is 1. The van der Waals surface area contributed by atoms with Gasteiger partial charge in [-0.25, -0.2) is 4.39 Å². The summed E-state index contributed by atoms with van der Waals surface area (Å²) in [5.41, 5.74) is 0.709. The summed E-state index contributed by atoms with van der Waals surface area (Å²) in [7, 11) is 0. The molecule has 0 spiro atoms. The van der Waals surface area contributed by atoms with E-state index in [1.54, 1.807) is 12.1 Å². The van der Waals surface area contributed by atoms with E-state index in [1.807, 2.05) is 0 Å². The zero-order valence-electron chi connectivity index (χ0n) is 13.7. The number of amides is 1. The lowest BCUT2D eigenvalue weighted by molar-refractivity contribution is 0.0486. The van der Waals surface area contributed by atoms with Crippen LogP contribution in [0.5, 0.6) is 11.5 Å². The molecule has 0 bridgehead atoms. The van der Waals surface area contributed by atoms with Crippen molar-refractivity contribution in [2.75, 3.05) is 19.8 Å². The third kappa shape index (κ3) is 3.74. The number of aromatic hydroxyl groups is 2. The SMILES string of the molecule is O=C(NCC1(c2ccc(F)cc2)CCOCC1)c1ccc(O)cc1O. The molecule has 1 saturated heterocycles. The Kier molecular flexibility index (Phi) is 4.90. The molecule has 0 unspecified atom stereocenters. The molecule has 0 saturated carbocycles. The van der Waals surface area contributed by atoms with Gasteiger partial charge in [-0.2, -0.15) is 0 Å². The highest BCUT2D eigenvalue weighted by molar-refractivity contribution is 5.97. The monoisotopic (exact) mass is 345 g/mol. The van der Waals surface area contributed by atoms with Gasteiger partial charge in [-0.3, -0.25) is 4.79 Å². The number of ether oxygens (including phenoxy) is 1. The minimum atomic E-state index is -0.425. The van der Waals surface area contributed by atoms with Crippen molar-refractivity contribution in [3.05, 3.63) is 59.4 Å². The van der Waals surface area contributed by atoms with Gasteiger partial charge in [-0.15, -0.1) is 0 Å². The van der Waals surface area contributed by atoms with Crippen LogP contribution < -0.4 is 5.32 Å². The van der Waals surface area contributed by atoms with Crippen molar-refractivity contribution in [3.8, 4) is 11.5 Å². The van der Waals surface area contributed by atoms with Gasteiger partial charge in [-0.1, -0.05) is 12.1 Å². The highest BCUT2D eigenvalue weighted by Crippen LogP contribution is 2.34. The predicted molar refractivity (Wildman–Crippen MR) is 90.2 cm³/mol. The summed E-state index contributed by atoms with van der Waals surface area (Å²) in [6.45, 7) is 1.48. The molecule has 0 aromatic heterocycles. The van der Waals surface area contributed by atoms with Crippen LogP contribution in [0, 0.1) is 5.82 Å². The molecule has 2 aromatic rings. The molecule has 25 heavy (non-hydrogen) atoms. The minimum Gasteiger partial charge on any atom is -0.508 e. The van der Waals surface area contributed by atoms with Crippen molar-refractivity contribution in [2.24, 2.45) is 0 Å². The quantitative estimate of drug-likeness (QED) is 0.796. The number of rotatable bonds is 4. The maximum absolute atomic E-state index is 13.2. The van der Waals surface area contributed by atoms with Gasteiger partial charge in [0.05, 0.1) is 5.56 Å². The van der Waals surface area contributed by atoms with Crippen LogP contribution in [0.1, 0.15) is 28.8 Å². The summed E-state index contributed by atoms with van der Waals surface area (Å²) in [5.74, 6) is -1.11. The highest BCUT2D eigenvalue weighted by atomic mass is 19.1. The topological polar surface area (TPSA) is 78.8 Å². The van der Waals surface area contributed by atoms with Crippen molar-refractivity contribution in [1.82, 2.24) is 5.32 Å². The van der Waals surface area contributed by atoms with Crippen LogP contribution in [0.3, 0.4) is 0 Å². The largest absolute Gasteiger partial charge is 0.508 e. The van der Waals surface area contributed by atoms with Crippen LogP contribution in [-0.2, 0) is 10.2 Å². The van der Waals surface area contributed by atoms with Gasteiger partial charge in [-0.05, 0) is 42.7 Å². The Bertz CT molecular complexity index is 755. The van der Waals surface area contributed by atoms with Crippen molar-refractivity contribution in [3.63, 3.8) is 0 Å². The maximum atomic E-state index is 13.2. The Morgan fingerprint density at radius 3 is 2.44 bits per heavy atom. The second kappa shape index (κ2) is 7.11. The lowest BCUT2D eigenvalue weighted by Crippen LogP contribution is -2.44. The lowest BCUT2D eigenvalue weighted by atomic mass is 9.74. The third-order valence-corrected chi connectivity index (χ3v) is 4.72. The summed E-state index contributed by atoms with van der Waals surface area (Å²) < 4.78 is 18.7. The van der Waals surface area contributed by atoms with E-state index >= 15 is 0 Å². The fourth-order valence-electron chi connectivity index (χ4n) is 3.19. The number of hydrogen-bond donors (Lipinski definition) is 3. The van der Waals surface area contributed by atoms with E-state index in [9.17, 15) is 19.4 Å². The fourth-order valence-corrected chi connectivity index (χ4v) is 3.19. The molecule has 1 fully saturated rings. The molecule has 0 atom stereocenters. The molecule has 0 radical (unpaired) electrons. The summed E-state index contributed by atoms with van der Waals surface area (Å²) in [6, 6.07) is 10.2. The molecule has 5 nitrogen and oxygen atoms in total. The first-order chi connectivity index (χ1) is 12.0. The van der Waals surface area contributed by atoms with E-state index in [0.29, 0.717) is 32.6 Å². The van der Waals surface area contributed by atoms with Crippen LogP contribution in [0.2, 0.25) is 0 Å². The molecule has 3 N–H and O–H groups in total. The van der Waals surface area contributed by atoms with Crippen LogP contribution in [0.15, 0.2) is 42.5 Å².